The number of rotatable bonds is 5. The number of para-hydroxylation sites is 2. The van der Waals surface area contributed by atoms with Crippen molar-refractivity contribution >= 4 is 17.3 Å². The number of anilines is 2. The highest BCUT2D eigenvalue weighted by molar-refractivity contribution is 6.05. The van der Waals surface area contributed by atoms with Crippen LogP contribution in [0.5, 0.6) is 0 Å². The molecule has 28 heavy (non-hydrogen) atoms. The van der Waals surface area contributed by atoms with Crippen LogP contribution in [-0.2, 0) is 11.3 Å². The summed E-state index contributed by atoms with van der Waals surface area (Å²) >= 11 is 0. The van der Waals surface area contributed by atoms with E-state index < -0.39 is 0 Å². The minimum atomic E-state index is -0.231. The van der Waals surface area contributed by atoms with Gasteiger partial charge in [-0.15, -0.1) is 0 Å². The Bertz CT molecular complexity index is 948. The summed E-state index contributed by atoms with van der Waals surface area (Å²) in [6.07, 6.45) is 0. The second-order valence-electron chi connectivity index (χ2n) is 6.52. The number of amides is 1. The highest BCUT2D eigenvalue weighted by Gasteiger charge is 2.16. The predicted octanol–water partition coefficient (Wildman–Crippen LogP) is 2.40. The first-order valence-electron chi connectivity index (χ1n) is 9.08. The molecule has 1 saturated heterocycles. The van der Waals surface area contributed by atoms with Crippen molar-refractivity contribution in [2.45, 2.75) is 6.54 Å². The molecule has 1 fully saturated rings. The van der Waals surface area contributed by atoms with Crippen LogP contribution >= 0.6 is 0 Å². The van der Waals surface area contributed by atoms with Gasteiger partial charge in [0.15, 0.2) is 0 Å². The molecule has 8 heteroatoms. The average Bonchev–Trinajstić information content (AvgIpc) is 3.19. The van der Waals surface area contributed by atoms with Crippen molar-refractivity contribution in [3.63, 3.8) is 0 Å². The minimum Gasteiger partial charge on any atom is -0.397 e. The van der Waals surface area contributed by atoms with E-state index in [1.807, 2.05) is 12.1 Å². The van der Waals surface area contributed by atoms with Crippen LogP contribution in [0, 0.1) is 0 Å². The third kappa shape index (κ3) is 4.19. The molecule has 0 saturated carbocycles. The zero-order chi connectivity index (χ0) is 19.3. The Balaban J connectivity index is 1.41. The number of nitrogens with zero attached hydrogens (tertiary/aromatic N) is 3. The molecular formula is C20H21N5O3. The van der Waals surface area contributed by atoms with Gasteiger partial charge in [-0.3, -0.25) is 9.69 Å². The lowest BCUT2D eigenvalue weighted by Crippen LogP contribution is -2.35. The molecule has 1 amide bonds. The number of nitrogen functional groups attached to an aromatic ring is 1. The van der Waals surface area contributed by atoms with E-state index >= 15 is 0 Å². The highest BCUT2D eigenvalue weighted by Crippen LogP contribution is 2.20. The van der Waals surface area contributed by atoms with Gasteiger partial charge in [-0.05, 0) is 24.3 Å². The zero-order valence-corrected chi connectivity index (χ0v) is 15.3. The predicted molar refractivity (Wildman–Crippen MR) is 105 cm³/mol. The topological polar surface area (TPSA) is 107 Å². The molecule has 1 aliphatic rings. The van der Waals surface area contributed by atoms with E-state index in [2.05, 4.69) is 20.4 Å². The molecule has 144 valence electrons. The van der Waals surface area contributed by atoms with Gasteiger partial charge in [0.25, 0.3) is 5.91 Å². The molecule has 3 N–H and O–H groups in total. The molecule has 0 spiro atoms. The summed E-state index contributed by atoms with van der Waals surface area (Å²) in [5, 5.41) is 6.85. The summed E-state index contributed by atoms with van der Waals surface area (Å²) in [5.74, 6) is 0.839. The first-order valence-corrected chi connectivity index (χ1v) is 9.08. The summed E-state index contributed by atoms with van der Waals surface area (Å²) in [7, 11) is 0. The lowest BCUT2D eigenvalue weighted by molar-refractivity contribution is 0.0297. The fourth-order valence-corrected chi connectivity index (χ4v) is 2.96. The van der Waals surface area contributed by atoms with E-state index in [1.54, 1.807) is 36.4 Å². The van der Waals surface area contributed by atoms with Crippen LogP contribution in [0.25, 0.3) is 11.4 Å². The molecule has 2 aromatic carbocycles. The molecule has 0 bridgehead atoms. The van der Waals surface area contributed by atoms with Gasteiger partial charge in [0.1, 0.15) is 0 Å². The molecule has 0 unspecified atom stereocenters. The fraction of sp³-hybridized carbons (Fsp3) is 0.250. The van der Waals surface area contributed by atoms with Crippen molar-refractivity contribution in [3.05, 3.63) is 60.0 Å². The summed E-state index contributed by atoms with van der Waals surface area (Å²) in [6.45, 7) is 3.76. The molecule has 0 atom stereocenters. The SMILES string of the molecule is Nc1ccccc1NC(=O)c1ccc(-c2noc(CN3CCOCC3)n2)cc1. The van der Waals surface area contributed by atoms with Gasteiger partial charge in [-0.1, -0.05) is 29.4 Å². The molecule has 1 aromatic heterocycles. The van der Waals surface area contributed by atoms with Crippen LogP contribution < -0.4 is 11.1 Å². The van der Waals surface area contributed by atoms with Crippen molar-refractivity contribution < 1.29 is 14.1 Å². The second kappa shape index (κ2) is 8.20. The van der Waals surface area contributed by atoms with Crippen molar-refractivity contribution in [2.24, 2.45) is 0 Å². The van der Waals surface area contributed by atoms with Crippen molar-refractivity contribution in [3.8, 4) is 11.4 Å². The van der Waals surface area contributed by atoms with Crippen molar-refractivity contribution in [1.82, 2.24) is 15.0 Å². The standard InChI is InChI=1S/C20H21N5O3/c21-16-3-1-2-4-17(16)22-20(26)15-7-5-14(6-8-15)19-23-18(28-24-19)13-25-9-11-27-12-10-25/h1-8H,9-13,21H2,(H,22,26). The summed E-state index contributed by atoms with van der Waals surface area (Å²) < 4.78 is 10.7. The van der Waals surface area contributed by atoms with Gasteiger partial charge < -0.3 is 20.3 Å². The molecule has 4 rings (SSSR count). The first-order chi connectivity index (χ1) is 13.7. The largest absolute Gasteiger partial charge is 0.397 e. The van der Waals surface area contributed by atoms with E-state index in [0.29, 0.717) is 35.2 Å². The Labute approximate surface area is 162 Å². The number of hydrogen-bond acceptors (Lipinski definition) is 7. The van der Waals surface area contributed by atoms with E-state index in [1.165, 1.54) is 0 Å². The molecule has 0 aliphatic carbocycles. The smallest absolute Gasteiger partial charge is 0.255 e. The number of ether oxygens (including phenoxy) is 1. The molecule has 1 aliphatic heterocycles. The Morgan fingerprint density at radius 3 is 2.61 bits per heavy atom. The van der Waals surface area contributed by atoms with Crippen LogP contribution in [0.2, 0.25) is 0 Å². The Kier molecular flexibility index (Phi) is 5.31. The number of aromatic nitrogens is 2. The number of carbonyl (C=O) groups is 1. The van der Waals surface area contributed by atoms with Crippen molar-refractivity contribution in [2.75, 3.05) is 37.4 Å². The maximum absolute atomic E-state index is 12.4. The number of nitrogens with two attached hydrogens (primary N) is 1. The summed E-state index contributed by atoms with van der Waals surface area (Å²) in [4.78, 5) is 19.1. The van der Waals surface area contributed by atoms with Crippen LogP contribution in [0.1, 0.15) is 16.2 Å². The summed E-state index contributed by atoms with van der Waals surface area (Å²) in [5.41, 5.74) is 8.27. The van der Waals surface area contributed by atoms with Crippen LogP contribution in [0.4, 0.5) is 11.4 Å². The minimum absolute atomic E-state index is 0.231. The second-order valence-corrected chi connectivity index (χ2v) is 6.52. The average molecular weight is 379 g/mol. The van der Waals surface area contributed by atoms with Gasteiger partial charge in [-0.25, -0.2) is 0 Å². The molecule has 3 aromatic rings. The maximum Gasteiger partial charge on any atom is 0.255 e. The van der Waals surface area contributed by atoms with Gasteiger partial charge in [-0.2, -0.15) is 4.98 Å². The van der Waals surface area contributed by atoms with Gasteiger partial charge >= 0.3 is 0 Å². The van der Waals surface area contributed by atoms with Gasteiger partial charge in [0, 0.05) is 24.2 Å². The lowest BCUT2D eigenvalue weighted by atomic mass is 10.1. The number of carbonyl (C=O) groups excluding carboxylic acids is 1. The van der Waals surface area contributed by atoms with Gasteiger partial charge in [0.2, 0.25) is 11.7 Å². The number of nitrogens with one attached hydrogen (secondary N) is 1. The van der Waals surface area contributed by atoms with Crippen molar-refractivity contribution in [1.29, 1.82) is 0 Å². The van der Waals surface area contributed by atoms with Crippen LogP contribution in [0.15, 0.2) is 53.1 Å². The van der Waals surface area contributed by atoms with E-state index in [4.69, 9.17) is 15.0 Å². The Morgan fingerprint density at radius 2 is 1.86 bits per heavy atom. The quantitative estimate of drug-likeness (QED) is 0.656. The molecular weight excluding hydrogens is 358 g/mol. The zero-order valence-electron chi connectivity index (χ0n) is 15.3. The molecule has 2 heterocycles. The Morgan fingerprint density at radius 1 is 1.11 bits per heavy atom. The van der Waals surface area contributed by atoms with E-state index in [9.17, 15) is 4.79 Å². The first kappa shape index (κ1) is 18.1. The molecule has 0 radical (unpaired) electrons. The third-order valence-electron chi connectivity index (χ3n) is 4.54. The van der Waals surface area contributed by atoms with E-state index in [-0.39, 0.29) is 5.91 Å². The van der Waals surface area contributed by atoms with Crippen LogP contribution in [-0.4, -0.2) is 47.3 Å². The number of morpholine rings is 1. The van der Waals surface area contributed by atoms with Gasteiger partial charge in [0.05, 0.1) is 31.1 Å². The fourth-order valence-electron chi connectivity index (χ4n) is 2.96. The van der Waals surface area contributed by atoms with E-state index in [0.717, 1.165) is 31.9 Å². The third-order valence-corrected chi connectivity index (χ3v) is 4.54. The monoisotopic (exact) mass is 379 g/mol. The number of benzene rings is 2. The van der Waals surface area contributed by atoms with Crippen LogP contribution in [0.3, 0.4) is 0 Å². The lowest BCUT2D eigenvalue weighted by Gasteiger charge is -2.24. The maximum atomic E-state index is 12.4. The normalized spacial score (nSPS) is 14.7. The Hall–Kier alpha value is -3.23. The highest BCUT2D eigenvalue weighted by atomic mass is 16.5. The molecule has 8 nitrogen and oxygen atoms in total. The number of hydrogen-bond donors (Lipinski definition) is 2. The summed E-state index contributed by atoms with van der Waals surface area (Å²) in [6, 6.07) is 14.2.